The number of thioether (sulfide) groups is 1. The lowest BCUT2D eigenvalue weighted by atomic mass is 10.1. The smallest absolute Gasteiger partial charge is 0.306 e. The largest absolute Gasteiger partial charge is 0.460 e. The van der Waals surface area contributed by atoms with Gasteiger partial charge in [-0.15, -0.1) is 0 Å². The first-order chi connectivity index (χ1) is 7.20. The van der Waals surface area contributed by atoms with Gasteiger partial charge in [-0.3, -0.25) is 4.79 Å². The van der Waals surface area contributed by atoms with Crippen molar-refractivity contribution in [2.45, 2.75) is 53.6 Å². The van der Waals surface area contributed by atoms with Gasteiger partial charge in [0, 0.05) is 6.42 Å². The molecular weight excluding hydrogens is 220 g/mol. The third kappa shape index (κ3) is 10.3. The van der Waals surface area contributed by atoms with Crippen LogP contribution < -0.4 is 0 Å². The second kappa shape index (κ2) is 7.21. The fraction of sp³-hybridized carbons (Fsp3) is 0.923. The molecule has 0 aliphatic heterocycles. The summed E-state index contributed by atoms with van der Waals surface area (Å²) in [6.07, 6.45) is 0.530. The molecule has 0 heterocycles. The van der Waals surface area contributed by atoms with Crippen molar-refractivity contribution in [3.05, 3.63) is 0 Å². The van der Waals surface area contributed by atoms with E-state index in [4.69, 9.17) is 4.74 Å². The number of ether oxygens (including phenoxy) is 1. The van der Waals surface area contributed by atoms with Crippen molar-refractivity contribution >= 4 is 17.7 Å². The first-order valence-electron chi connectivity index (χ1n) is 6.00. The molecule has 0 saturated heterocycles. The van der Waals surface area contributed by atoms with Gasteiger partial charge in [0.25, 0.3) is 0 Å². The minimum atomic E-state index is -0.359. The molecule has 0 aliphatic carbocycles. The van der Waals surface area contributed by atoms with Crippen LogP contribution in [0.15, 0.2) is 0 Å². The molecule has 0 rings (SSSR count). The fourth-order valence-electron chi connectivity index (χ4n) is 1.23. The van der Waals surface area contributed by atoms with E-state index in [1.165, 1.54) is 5.75 Å². The molecule has 0 saturated carbocycles. The maximum atomic E-state index is 11.5. The van der Waals surface area contributed by atoms with Gasteiger partial charge in [-0.1, -0.05) is 20.8 Å². The first-order valence-corrected chi connectivity index (χ1v) is 7.15. The summed E-state index contributed by atoms with van der Waals surface area (Å²) in [5.74, 6) is 3.25. The molecule has 1 atom stereocenters. The predicted molar refractivity (Wildman–Crippen MR) is 71.8 cm³/mol. The van der Waals surface area contributed by atoms with Crippen molar-refractivity contribution in [2.24, 2.45) is 11.8 Å². The summed E-state index contributed by atoms with van der Waals surface area (Å²) in [7, 11) is 0. The molecule has 0 radical (unpaired) electrons. The maximum Gasteiger partial charge on any atom is 0.306 e. The van der Waals surface area contributed by atoms with E-state index in [0.717, 1.165) is 11.7 Å². The molecule has 0 bridgehead atoms. The van der Waals surface area contributed by atoms with Crippen LogP contribution in [0.5, 0.6) is 0 Å². The van der Waals surface area contributed by atoms with E-state index < -0.39 is 0 Å². The normalized spacial score (nSPS) is 13.9. The molecule has 0 amide bonds. The number of rotatable bonds is 6. The molecule has 0 spiro atoms. The van der Waals surface area contributed by atoms with E-state index in [2.05, 4.69) is 20.8 Å². The third-order valence-electron chi connectivity index (χ3n) is 1.79. The summed E-state index contributed by atoms with van der Waals surface area (Å²) >= 11 is 1.92. The molecule has 0 aromatic carbocycles. The Kier molecular flexibility index (Phi) is 7.12. The molecule has 96 valence electrons. The molecule has 0 aromatic heterocycles. The zero-order valence-corrected chi connectivity index (χ0v) is 12.3. The van der Waals surface area contributed by atoms with Crippen molar-refractivity contribution in [3.63, 3.8) is 0 Å². The quantitative estimate of drug-likeness (QED) is 0.668. The Balaban J connectivity index is 3.70. The molecule has 16 heavy (non-hydrogen) atoms. The summed E-state index contributed by atoms with van der Waals surface area (Å²) in [5, 5.41) is 0. The van der Waals surface area contributed by atoms with E-state index in [0.29, 0.717) is 12.3 Å². The van der Waals surface area contributed by atoms with Gasteiger partial charge in [0.1, 0.15) is 5.60 Å². The van der Waals surface area contributed by atoms with Crippen LogP contribution >= 0.6 is 11.8 Å². The number of carbonyl (C=O) groups is 1. The van der Waals surface area contributed by atoms with Crippen molar-refractivity contribution < 1.29 is 9.53 Å². The van der Waals surface area contributed by atoms with Gasteiger partial charge in [0.2, 0.25) is 0 Å². The van der Waals surface area contributed by atoms with Gasteiger partial charge >= 0.3 is 5.97 Å². The maximum absolute atomic E-state index is 11.5. The number of hydrogen-bond acceptors (Lipinski definition) is 3. The molecule has 0 unspecified atom stereocenters. The molecule has 0 fully saturated rings. The van der Waals surface area contributed by atoms with E-state index in [-0.39, 0.29) is 11.6 Å². The van der Waals surface area contributed by atoms with Crippen molar-refractivity contribution in [1.29, 1.82) is 0 Å². The summed E-state index contributed by atoms with van der Waals surface area (Å²) < 4.78 is 5.29. The van der Waals surface area contributed by atoms with Crippen LogP contribution in [0.2, 0.25) is 0 Å². The minimum Gasteiger partial charge on any atom is -0.460 e. The predicted octanol–water partition coefficient (Wildman–Crippen LogP) is 3.74. The van der Waals surface area contributed by atoms with Gasteiger partial charge in [0.05, 0.1) is 0 Å². The number of esters is 1. The van der Waals surface area contributed by atoms with Crippen LogP contribution in [0.4, 0.5) is 0 Å². The molecule has 0 aliphatic rings. The lowest BCUT2D eigenvalue weighted by molar-refractivity contribution is -0.155. The molecular formula is C13H26O2S. The van der Waals surface area contributed by atoms with E-state index in [1.807, 2.05) is 32.5 Å². The van der Waals surface area contributed by atoms with Gasteiger partial charge in [0.15, 0.2) is 0 Å². The Morgan fingerprint density at radius 1 is 1.19 bits per heavy atom. The minimum absolute atomic E-state index is 0.0786. The van der Waals surface area contributed by atoms with Crippen molar-refractivity contribution in [3.8, 4) is 0 Å². The first kappa shape index (κ1) is 15.8. The van der Waals surface area contributed by atoms with Gasteiger partial charge in [-0.25, -0.2) is 0 Å². The van der Waals surface area contributed by atoms with Crippen LogP contribution in [-0.2, 0) is 9.53 Å². The Morgan fingerprint density at radius 2 is 1.75 bits per heavy atom. The SMILES string of the molecule is CC(C)CSC[C@@H](C)CC(=O)OC(C)(C)C. The zero-order valence-electron chi connectivity index (χ0n) is 11.5. The molecule has 2 nitrogen and oxygen atoms in total. The third-order valence-corrected chi connectivity index (χ3v) is 3.50. The van der Waals surface area contributed by atoms with Gasteiger partial charge < -0.3 is 4.74 Å². The number of hydrogen-bond donors (Lipinski definition) is 0. The Morgan fingerprint density at radius 3 is 2.19 bits per heavy atom. The molecule has 0 N–H and O–H groups in total. The standard InChI is InChI=1S/C13H26O2S/c1-10(2)8-16-9-11(3)7-12(14)15-13(4,5)6/h10-11H,7-9H2,1-6H3/t11-/m0/s1. The number of carbonyl (C=O) groups excluding carboxylic acids is 1. The Labute approximate surface area is 105 Å². The second-order valence-electron chi connectivity index (χ2n) is 5.83. The summed E-state index contributed by atoms with van der Waals surface area (Å²) in [6, 6.07) is 0. The van der Waals surface area contributed by atoms with Crippen LogP contribution in [-0.4, -0.2) is 23.1 Å². The second-order valence-corrected chi connectivity index (χ2v) is 6.90. The average molecular weight is 246 g/mol. The van der Waals surface area contributed by atoms with Crippen LogP contribution in [0.25, 0.3) is 0 Å². The fourth-order valence-corrected chi connectivity index (χ4v) is 2.36. The van der Waals surface area contributed by atoms with Crippen molar-refractivity contribution in [2.75, 3.05) is 11.5 Å². The Hall–Kier alpha value is -0.180. The molecule has 0 aromatic rings. The van der Waals surface area contributed by atoms with Gasteiger partial charge in [-0.05, 0) is 44.1 Å². The zero-order chi connectivity index (χ0) is 12.8. The highest BCUT2D eigenvalue weighted by Crippen LogP contribution is 2.17. The topological polar surface area (TPSA) is 26.3 Å². The molecule has 3 heteroatoms. The summed E-state index contributed by atoms with van der Waals surface area (Å²) in [4.78, 5) is 11.5. The monoisotopic (exact) mass is 246 g/mol. The highest BCUT2D eigenvalue weighted by molar-refractivity contribution is 7.99. The van der Waals surface area contributed by atoms with E-state index in [1.54, 1.807) is 0 Å². The van der Waals surface area contributed by atoms with Gasteiger partial charge in [-0.2, -0.15) is 11.8 Å². The highest BCUT2D eigenvalue weighted by atomic mass is 32.2. The summed E-state index contributed by atoms with van der Waals surface area (Å²) in [6.45, 7) is 12.3. The van der Waals surface area contributed by atoms with Crippen LogP contribution in [0.3, 0.4) is 0 Å². The van der Waals surface area contributed by atoms with E-state index >= 15 is 0 Å². The van der Waals surface area contributed by atoms with E-state index in [9.17, 15) is 4.79 Å². The highest BCUT2D eigenvalue weighted by Gasteiger charge is 2.18. The average Bonchev–Trinajstić information content (AvgIpc) is 1.98. The van der Waals surface area contributed by atoms with Crippen LogP contribution in [0, 0.1) is 11.8 Å². The van der Waals surface area contributed by atoms with Crippen molar-refractivity contribution in [1.82, 2.24) is 0 Å². The van der Waals surface area contributed by atoms with Crippen LogP contribution in [0.1, 0.15) is 48.0 Å². The summed E-state index contributed by atoms with van der Waals surface area (Å²) in [5.41, 5.74) is -0.359. The lowest BCUT2D eigenvalue weighted by Gasteiger charge is -2.20. The Bertz CT molecular complexity index is 206. The lowest BCUT2D eigenvalue weighted by Crippen LogP contribution is -2.25.